The quantitative estimate of drug-likeness (QED) is 0.651. The van der Waals surface area contributed by atoms with Crippen LogP contribution >= 0.6 is 0 Å². The summed E-state index contributed by atoms with van der Waals surface area (Å²) >= 11 is 0. The minimum Gasteiger partial charge on any atom is -0.389 e. The molecule has 4 nitrogen and oxygen atoms in total. The van der Waals surface area contributed by atoms with E-state index in [1.165, 1.54) is 19.2 Å². The van der Waals surface area contributed by atoms with Gasteiger partial charge >= 0.3 is 0 Å². The predicted octanol–water partition coefficient (Wildman–Crippen LogP) is 0.456. The maximum atomic E-state index is 12.9. The maximum absolute atomic E-state index is 12.9. The molecule has 0 aliphatic rings. The van der Waals surface area contributed by atoms with Crippen LogP contribution in [-0.2, 0) is 4.74 Å². The summed E-state index contributed by atoms with van der Waals surface area (Å²) in [6.45, 7) is 0.813. The maximum Gasteiger partial charge on any atom is 0.123 e. The highest BCUT2D eigenvalue weighted by atomic mass is 19.1. The van der Waals surface area contributed by atoms with Crippen molar-refractivity contribution in [2.45, 2.75) is 12.2 Å². The Bertz CT molecular complexity index is 335. The summed E-state index contributed by atoms with van der Waals surface area (Å²) in [5.74, 6) is -0.374. The van der Waals surface area contributed by atoms with E-state index in [2.05, 4.69) is 5.32 Å². The number of hydrogen-bond acceptors (Lipinski definition) is 4. The number of rotatable bonds is 7. The third kappa shape index (κ3) is 5.23. The van der Waals surface area contributed by atoms with Gasteiger partial charge in [0.25, 0.3) is 0 Å². The molecule has 0 saturated carbocycles. The van der Waals surface area contributed by atoms with Crippen molar-refractivity contribution < 1.29 is 19.3 Å². The number of benzene rings is 1. The number of aliphatic hydroxyl groups is 2. The Morgan fingerprint density at radius 2 is 2.12 bits per heavy atom. The van der Waals surface area contributed by atoms with Crippen molar-refractivity contribution >= 4 is 0 Å². The van der Waals surface area contributed by atoms with Gasteiger partial charge < -0.3 is 20.3 Å². The smallest absolute Gasteiger partial charge is 0.123 e. The fraction of sp³-hybridized carbons (Fsp3) is 0.500. The number of ether oxygens (including phenoxy) is 1. The Kier molecular flexibility index (Phi) is 6.07. The lowest BCUT2D eigenvalue weighted by atomic mass is 10.1. The molecule has 2 atom stereocenters. The highest BCUT2D eigenvalue weighted by Gasteiger charge is 2.09. The van der Waals surface area contributed by atoms with E-state index in [1.807, 2.05) is 0 Å². The van der Waals surface area contributed by atoms with Crippen LogP contribution in [0.1, 0.15) is 11.7 Å². The first-order valence-corrected chi connectivity index (χ1v) is 5.44. The van der Waals surface area contributed by atoms with Gasteiger partial charge in [0.1, 0.15) is 5.82 Å². The fourth-order valence-corrected chi connectivity index (χ4v) is 1.47. The first-order valence-electron chi connectivity index (χ1n) is 5.44. The first-order chi connectivity index (χ1) is 8.13. The van der Waals surface area contributed by atoms with E-state index in [1.54, 1.807) is 12.1 Å². The molecule has 1 rings (SSSR count). The van der Waals surface area contributed by atoms with E-state index in [0.29, 0.717) is 12.1 Å². The normalized spacial score (nSPS) is 14.6. The van der Waals surface area contributed by atoms with Crippen LogP contribution in [0.25, 0.3) is 0 Å². The van der Waals surface area contributed by atoms with Crippen molar-refractivity contribution in [3.8, 4) is 0 Å². The molecule has 0 amide bonds. The van der Waals surface area contributed by atoms with E-state index in [-0.39, 0.29) is 19.0 Å². The van der Waals surface area contributed by atoms with Gasteiger partial charge in [0.2, 0.25) is 0 Å². The third-order valence-electron chi connectivity index (χ3n) is 2.31. The molecule has 0 aromatic heterocycles. The average molecular weight is 243 g/mol. The van der Waals surface area contributed by atoms with Crippen LogP contribution < -0.4 is 5.32 Å². The summed E-state index contributed by atoms with van der Waals surface area (Å²) in [5, 5.41) is 22.0. The first kappa shape index (κ1) is 14.1. The molecule has 3 N–H and O–H groups in total. The Labute approximate surface area is 100 Å². The van der Waals surface area contributed by atoms with Crippen molar-refractivity contribution in [1.29, 1.82) is 0 Å². The van der Waals surface area contributed by atoms with Gasteiger partial charge in [-0.25, -0.2) is 4.39 Å². The van der Waals surface area contributed by atoms with Crippen LogP contribution in [0.15, 0.2) is 24.3 Å². The zero-order valence-corrected chi connectivity index (χ0v) is 9.77. The molecule has 0 fully saturated rings. The minimum absolute atomic E-state index is 0.239. The number of methoxy groups -OCH3 is 1. The zero-order chi connectivity index (χ0) is 12.7. The third-order valence-corrected chi connectivity index (χ3v) is 2.31. The molecule has 96 valence electrons. The Balaban J connectivity index is 2.32. The summed E-state index contributed by atoms with van der Waals surface area (Å²) in [5.41, 5.74) is 0.513. The molecular weight excluding hydrogens is 225 g/mol. The van der Waals surface area contributed by atoms with E-state index < -0.39 is 12.2 Å². The Morgan fingerprint density at radius 1 is 1.35 bits per heavy atom. The highest BCUT2D eigenvalue weighted by molar-refractivity contribution is 5.18. The molecule has 0 aliphatic heterocycles. The second-order valence-corrected chi connectivity index (χ2v) is 3.84. The Morgan fingerprint density at radius 3 is 2.76 bits per heavy atom. The molecule has 0 aliphatic carbocycles. The molecule has 1 aromatic rings. The number of aliphatic hydroxyl groups excluding tert-OH is 2. The van der Waals surface area contributed by atoms with Gasteiger partial charge in [0.05, 0.1) is 18.8 Å². The van der Waals surface area contributed by atoms with Crippen LogP contribution in [-0.4, -0.2) is 43.1 Å². The lowest BCUT2D eigenvalue weighted by Gasteiger charge is -2.14. The van der Waals surface area contributed by atoms with Crippen molar-refractivity contribution in [2.24, 2.45) is 0 Å². The van der Waals surface area contributed by atoms with Gasteiger partial charge in [0.15, 0.2) is 0 Å². The molecule has 1 aromatic carbocycles. The lowest BCUT2D eigenvalue weighted by Crippen LogP contribution is -2.32. The lowest BCUT2D eigenvalue weighted by molar-refractivity contribution is 0.0616. The van der Waals surface area contributed by atoms with Gasteiger partial charge in [-0.15, -0.1) is 0 Å². The van der Waals surface area contributed by atoms with Gasteiger partial charge in [0, 0.05) is 20.2 Å². The molecule has 0 radical (unpaired) electrons. The van der Waals surface area contributed by atoms with E-state index in [0.717, 1.165) is 0 Å². The van der Waals surface area contributed by atoms with Crippen LogP contribution in [0.3, 0.4) is 0 Å². The molecule has 0 spiro atoms. The predicted molar refractivity (Wildman–Crippen MR) is 62.1 cm³/mol. The largest absolute Gasteiger partial charge is 0.389 e. The SMILES string of the molecule is COCC(O)CNCC(O)c1cccc(F)c1. The number of halogens is 1. The summed E-state index contributed by atoms with van der Waals surface area (Å²) < 4.78 is 17.6. The van der Waals surface area contributed by atoms with Crippen molar-refractivity contribution in [3.05, 3.63) is 35.6 Å². The standard InChI is InChI=1S/C12H18FNO3/c1-17-8-11(15)6-14-7-12(16)9-3-2-4-10(13)5-9/h2-5,11-12,14-16H,6-8H2,1H3. The fourth-order valence-electron chi connectivity index (χ4n) is 1.47. The second-order valence-electron chi connectivity index (χ2n) is 3.84. The van der Waals surface area contributed by atoms with Crippen LogP contribution in [0, 0.1) is 5.82 Å². The average Bonchev–Trinajstić information content (AvgIpc) is 2.29. The number of hydrogen-bond donors (Lipinski definition) is 3. The van der Waals surface area contributed by atoms with E-state index >= 15 is 0 Å². The topological polar surface area (TPSA) is 61.7 Å². The molecule has 0 bridgehead atoms. The van der Waals surface area contributed by atoms with Gasteiger partial charge in [-0.3, -0.25) is 0 Å². The number of nitrogens with one attached hydrogen (secondary N) is 1. The van der Waals surface area contributed by atoms with Crippen molar-refractivity contribution in [3.63, 3.8) is 0 Å². The molecule has 0 heterocycles. The van der Waals surface area contributed by atoms with Crippen LogP contribution in [0.5, 0.6) is 0 Å². The second kappa shape index (κ2) is 7.34. The van der Waals surface area contributed by atoms with Crippen LogP contribution in [0.2, 0.25) is 0 Å². The van der Waals surface area contributed by atoms with Gasteiger partial charge in [-0.05, 0) is 17.7 Å². The molecule has 17 heavy (non-hydrogen) atoms. The van der Waals surface area contributed by atoms with Gasteiger partial charge in [-0.1, -0.05) is 12.1 Å². The molecule has 0 saturated heterocycles. The van der Waals surface area contributed by atoms with Gasteiger partial charge in [-0.2, -0.15) is 0 Å². The van der Waals surface area contributed by atoms with Crippen molar-refractivity contribution in [2.75, 3.05) is 26.8 Å². The summed E-state index contributed by atoms with van der Waals surface area (Å²) in [4.78, 5) is 0. The molecule has 2 unspecified atom stereocenters. The van der Waals surface area contributed by atoms with E-state index in [9.17, 15) is 14.6 Å². The highest BCUT2D eigenvalue weighted by Crippen LogP contribution is 2.12. The summed E-state index contributed by atoms with van der Waals surface area (Å²) in [6.07, 6.45) is -1.40. The zero-order valence-electron chi connectivity index (χ0n) is 9.77. The van der Waals surface area contributed by atoms with E-state index in [4.69, 9.17) is 4.74 Å². The summed E-state index contributed by atoms with van der Waals surface area (Å²) in [7, 11) is 1.50. The molecular formula is C12H18FNO3. The molecule has 5 heteroatoms. The summed E-state index contributed by atoms with van der Waals surface area (Å²) in [6, 6.07) is 5.82. The minimum atomic E-state index is -0.791. The Hall–Kier alpha value is -1.01. The monoisotopic (exact) mass is 243 g/mol. The van der Waals surface area contributed by atoms with Crippen molar-refractivity contribution in [1.82, 2.24) is 5.32 Å². The van der Waals surface area contributed by atoms with Crippen LogP contribution in [0.4, 0.5) is 4.39 Å².